The van der Waals surface area contributed by atoms with Crippen molar-refractivity contribution in [3.63, 3.8) is 0 Å². The minimum absolute atomic E-state index is 0.107. The van der Waals surface area contributed by atoms with E-state index in [2.05, 4.69) is 15.9 Å². The Morgan fingerprint density at radius 1 is 1.04 bits per heavy atom. The Kier molecular flexibility index (Phi) is 4.72. The van der Waals surface area contributed by atoms with E-state index in [-0.39, 0.29) is 6.61 Å². The van der Waals surface area contributed by atoms with Crippen molar-refractivity contribution in [2.24, 2.45) is 0 Å². The SMILES string of the molecule is O=C1OCc2cc(OCc3ccccc3)ccc2C1(O)c1ccc(Br)cc1. The van der Waals surface area contributed by atoms with E-state index >= 15 is 0 Å². The maximum atomic E-state index is 12.4. The first kappa shape index (κ1) is 17.8. The predicted octanol–water partition coefficient (Wildman–Crippen LogP) is 4.32. The van der Waals surface area contributed by atoms with Gasteiger partial charge >= 0.3 is 5.97 Å². The van der Waals surface area contributed by atoms with Gasteiger partial charge in [0.1, 0.15) is 19.0 Å². The Labute approximate surface area is 165 Å². The van der Waals surface area contributed by atoms with Crippen LogP contribution in [0, 0.1) is 0 Å². The van der Waals surface area contributed by atoms with Crippen LogP contribution in [0.15, 0.2) is 77.3 Å². The summed E-state index contributed by atoms with van der Waals surface area (Å²) >= 11 is 3.37. The van der Waals surface area contributed by atoms with Gasteiger partial charge in [0.05, 0.1) is 0 Å². The maximum absolute atomic E-state index is 12.4. The number of cyclic esters (lactones) is 1. The van der Waals surface area contributed by atoms with Crippen molar-refractivity contribution in [2.75, 3.05) is 0 Å². The van der Waals surface area contributed by atoms with Gasteiger partial charge in [0.2, 0.25) is 5.60 Å². The van der Waals surface area contributed by atoms with E-state index in [0.717, 1.165) is 15.6 Å². The predicted molar refractivity (Wildman–Crippen MR) is 104 cm³/mol. The van der Waals surface area contributed by atoms with Gasteiger partial charge in [-0.15, -0.1) is 0 Å². The van der Waals surface area contributed by atoms with Gasteiger partial charge in [0.25, 0.3) is 0 Å². The average Bonchev–Trinajstić information content (AvgIpc) is 2.70. The van der Waals surface area contributed by atoms with E-state index in [4.69, 9.17) is 9.47 Å². The second-order valence-electron chi connectivity index (χ2n) is 6.39. The molecule has 0 bridgehead atoms. The summed E-state index contributed by atoms with van der Waals surface area (Å²) in [5.41, 5.74) is 0.952. The van der Waals surface area contributed by atoms with Crippen LogP contribution in [0.4, 0.5) is 0 Å². The number of fused-ring (bicyclic) bond motifs is 1. The van der Waals surface area contributed by atoms with Crippen molar-refractivity contribution in [2.45, 2.75) is 18.8 Å². The summed E-state index contributed by atoms with van der Waals surface area (Å²) in [4.78, 5) is 12.4. The van der Waals surface area contributed by atoms with Gasteiger partial charge < -0.3 is 14.6 Å². The molecule has 1 heterocycles. The first-order valence-corrected chi connectivity index (χ1v) is 9.32. The number of esters is 1. The number of halogens is 1. The first-order chi connectivity index (χ1) is 13.1. The molecule has 0 fully saturated rings. The quantitative estimate of drug-likeness (QED) is 0.633. The number of carbonyl (C=O) groups excluding carboxylic acids is 1. The van der Waals surface area contributed by atoms with Gasteiger partial charge in [-0.2, -0.15) is 0 Å². The van der Waals surface area contributed by atoms with Crippen molar-refractivity contribution in [3.8, 4) is 5.75 Å². The highest BCUT2D eigenvalue weighted by Crippen LogP contribution is 2.39. The topological polar surface area (TPSA) is 55.8 Å². The Morgan fingerprint density at radius 2 is 1.78 bits per heavy atom. The number of hydrogen-bond acceptors (Lipinski definition) is 4. The zero-order valence-corrected chi connectivity index (χ0v) is 16.0. The highest BCUT2D eigenvalue weighted by Gasteiger charge is 2.46. The molecule has 1 atom stereocenters. The van der Waals surface area contributed by atoms with Crippen LogP contribution in [-0.4, -0.2) is 11.1 Å². The molecule has 1 aliphatic rings. The summed E-state index contributed by atoms with van der Waals surface area (Å²) in [6.45, 7) is 0.548. The lowest BCUT2D eigenvalue weighted by molar-refractivity contribution is -0.166. The van der Waals surface area contributed by atoms with Crippen molar-refractivity contribution < 1.29 is 19.4 Å². The fourth-order valence-electron chi connectivity index (χ4n) is 3.20. The van der Waals surface area contributed by atoms with E-state index in [0.29, 0.717) is 23.5 Å². The fourth-order valence-corrected chi connectivity index (χ4v) is 3.46. The molecule has 27 heavy (non-hydrogen) atoms. The smallest absolute Gasteiger partial charge is 0.348 e. The zero-order chi connectivity index (χ0) is 18.9. The molecule has 5 heteroatoms. The Morgan fingerprint density at radius 3 is 2.52 bits per heavy atom. The lowest BCUT2D eigenvalue weighted by Gasteiger charge is -2.33. The molecule has 4 nitrogen and oxygen atoms in total. The summed E-state index contributed by atoms with van der Waals surface area (Å²) in [6, 6.07) is 22.2. The molecule has 1 aliphatic heterocycles. The normalized spacial score (nSPS) is 18.5. The molecule has 0 aromatic heterocycles. The summed E-state index contributed by atoms with van der Waals surface area (Å²) < 4.78 is 12.0. The molecule has 1 N–H and O–H groups in total. The van der Waals surface area contributed by atoms with E-state index in [1.54, 1.807) is 36.4 Å². The molecule has 0 spiro atoms. The number of rotatable bonds is 4. The molecule has 0 aliphatic carbocycles. The largest absolute Gasteiger partial charge is 0.489 e. The van der Waals surface area contributed by atoms with E-state index in [1.165, 1.54) is 0 Å². The maximum Gasteiger partial charge on any atom is 0.348 e. The molecule has 0 amide bonds. The molecular formula is C22H17BrO4. The molecule has 0 saturated carbocycles. The van der Waals surface area contributed by atoms with Gasteiger partial charge in [0.15, 0.2) is 0 Å². The summed E-state index contributed by atoms with van der Waals surface area (Å²) in [5.74, 6) is -0.0102. The van der Waals surface area contributed by atoms with Crippen LogP contribution in [0.1, 0.15) is 22.3 Å². The standard InChI is InChI=1S/C22H17BrO4/c23-18-8-6-17(7-9-18)22(25)20-11-10-19(12-16(20)14-27-21(22)24)26-13-15-4-2-1-3-5-15/h1-12,25H,13-14H2. The van der Waals surface area contributed by atoms with E-state index in [1.807, 2.05) is 36.4 Å². The molecule has 136 valence electrons. The number of ether oxygens (including phenoxy) is 2. The third-order valence-electron chi connectivity index (χ3n) is 4.63. The number of aliphatic hydroxyl groups is 1. The van der Waals surface area contributed by atoms with Gasteiger partial charge in [-0.05, 0) is 35.4 Å². The highest BCUT2D eigenvalue weighted by molar-refractivity contribution is 9.10. The van der Waals surface area contributed by atoms with Crippen LogP contribution in [0.2, 0.25) is 0 Å². The van der Waals surface area contributed by atoms with Crippen molar-refractivity contribution >= 4 is 21.9 Å². The molecule has 1 unspecified atom stereocenters. The lowest BCUT2D eigenvalue weighted by Crippen LogP contribution is -2.42. The van der Waals surface area contributed by atoms with Crippen LogP contribution in [0.25, 0.3) is 0 Å². The summed E-state index contributed by atoms with van der Waals surface area (Å²) in [7, 11) is 0. The Bertz CT molecular complexity index is 969. The highest BCUT2D eigenvalue weighted by atomic mass is 79.9. The molecule has 3 aromatic carbocycles. The van der Waals surface area contributed by atoms with Crippen molar-refractivity contribution in [1.82, 2.24) is 0 Å². The third-order valence-corrected chi connectivity index (χ3v) is 5.16. The monoisotopic (exact) mass is 424 g/mol. The minimum Gasteiger partial charge on any atom is -0.489 e. The zero-order valence-electron chi connectivity index (χ0n) is 14.4. The van der Waals surface area contributed by atoms with Crippen LogP contribution < -0.4 is 4.74 Å². The molecule has 0 radical (unpaired) electrons. The Hall–Kier alpha value is -2.63. The van der Waals surface area contributed by atoms with Crippen molar-refractivity contribution in [1.29, 1.82) is 0 Å². The summed E-state index contributed by atoms with van der Waals surface area (Å²) in [6.07, 6.45) is 0. The Balaban J connectivity index is 1.65. The second kappa shape index (κ2) is 7.18. The number of benzene rings is 3. The van der Waals surface area contributed by atoms with Gasteiger partial charge in [0, 0.05) is 15.6 Å². The number of carbonyl (C=O) groups is 1. The van der Waals surface area contributed by atoms with Gasteiger partial charge in [-0.1, -0.05) is 64.5 Å². The molecular weight excluding hydrogens is 408 g/mol. The average molecular weight is 425 g/mol. The molecule has 0 saturated heterocycles. The fraction of sp³-hybridized carbons (Fsp3) is 0.136. The second-order valence-corrected chi connectivity index (χ2v) is 7.30. The van der Waals surface area contributed by atoms with Crippen molar-refractivity contribution in [3.05, 3.63) is 99.5 Å². The van der Waals surface area contributed by atoms with Gasteiger partial charge in [-0.3, -0.25) is 0 Å². The first-order valence-electron chi connectivity index (χ1n) is 8.53. The van der Waals surface area contributed by atoms with E-state index in [9.17, 15) is 9.90 Å². The van der Waals surface area contributed by atoms with E-state index < -0.39 is 11.6 Å². The van der Waals surface area contributed by atoms with Crippen LogP contribution >= 0.6 is 15.9 Å². The van der Waals surface area contributed by atoms with Crippen LogP contribution in [0.3, 0.4) is 0 Å². The van der Waals surface area contributed by atoms with Gasteiger partial charge in [-0.25, -0.2) is 4.79 Å². The van der Waals surface area contributed by atoms with Crippen LogP contribution in [0.5, 0.6) is 5.75 Å². The lowest BCUT2D eigenvalue weighted by atomic mass is 9.82. The van der Waals surface area contributed by atoms with Crippen LogP contribution in [-0.2, 0) is 28.3 Å². The number of hydrogen-bond donors (Lipinski definition) is 1. The molecule has 3 aromatic rings. The minimum atomic E-state index is -1.83. The summed E-state index contributed by atoms with van der Waals surface area (Å²) in [5, 5.41) is 11.2. The third kappa shape index (κ3) is 3.36. The molecule has 4 rings (SSSR count).